The van der Waals surface area contributed by atoms with Crippen molar-refractivity contribution in [3.8, 4) is 0 Å². The third-order valence-corrected chi connectivity index (χ3v) is 4.55. The molecule has 1 heterocycles. The van der Waals surface area contributed by atoms with Crippen molar-refractivity contribution in [3.63, 3.8) is 0 Å². The van der Waals surface area contributed by atoms with E-state index in [9.17, 15) is 30.3 Å². The SMILES string of the molecule is O=C(Cc1c[nH]c2ccccc12)C1[C@H](O)[C@H](O)C(O)[C@H](O)[C@H]1O. The van der Waals surface area contributed by atoms with Crippen LogP contribution in [0.1, 0.15) is 5.56 Å². The van der Waals surface area contributed by atoms with Crippen LogP contribution in [0.5, 0.6) is 0 Å². The molecule has 7 nitrogen and oxygen atoms in total. The van der Waals surface area contributed by atoms with Crippen LogP contribution >= 0.6 is 0 Å². The Bertz CT molecular complexity index is 697. The maximum absolute atomic E-state index is 12.5. The zero-order chi connectivity index (χ0) is 16.7. The zero-order valence-corrected chi connectivity index (χ0v) is 12.2. The molecule has 23 heavy (non-hydrogen) atoms. The highest BCUT2D eigenvalue weighted by molar-refractivity contribution is 5.91. The Morgan fingerprint density at radius 3 is 2.13 bits per heavy atom. The van der Waals surface area contributed by atoms with Crippen molar-refractivity contribution in [2.45, 2.75) is 36.9 Å². The summed E-state index contributed by atoms with van der Waals surface area (Å²) in [4.78, 5) is 15.5. The summed E-state index contributed by atoms with van der Waals surface area (Å²) in [5, 5.41) is 49.8. The van der Waals surface area contributed by atoms with Crippen LogP contribution in [-0.2, 0) is 11.2 Å². The van der Waals surface area contributed by atoms with Gasteiger partial charge in [0.25, 0.3) is 0 Å². The number of Topliss-reactive ketones (excluding diaryl/α,β-unsaturated/α-hetero) is 1. The number of benzene rings is 1. The van der Waals surface area contributed by atoms with Gasteiger partial charge in [-0.3, -0.25) is 4.79 Å². The Morgan fingerprint density at radius 1 is 0.913 bits per heavy atom. The smallest absolute Gasteiger partial charge is 0.145 e. The average Bonchev–Trinajstić information content (AvgIpc) is 2.94. The second kappa shape index (κ2) is 6.03. The average molecular weight is 321 g/mol. The van der Waals surface area contributed by atoms with Crippen LogP contribution in [0.3, 0.4) is 0 Å². The maximum atomic E-state index is 12.5. The van der Waals surface area contributed by atoms with Gasteiger partial charge in [0.15, 0.2) is 0 Å². The van der Waals surface area contributed by atoms with Gasteiger partial charge in [0.2, 0.25) is 0 Å². The number of H-pyrrole nitrogens is 1. The minimum atomic E-state index is -1.70. The van der Waals surface area contributed by atoms with Gasteiger partial charge in [-0.05, 0) is 11.6 Å². The third-order valence-electron chi connectivity index (χ3n) is 4.55. The topological polar surface area (TPSA) is 134 Å². The fourth-order valence-corrected chi connectivity index (χ4v) is 3.20. The predicted molar refractivity (Wildman–Crippen MR) is 80.5 cm³/mol. The number of aliphatic hydroxyl groups is 5. The first kappa shape index (κ1) is 16.1. The number of aromatic nitrogens is 1. The molecule has 6 atom stereocenters. The van der Waals surface area contributed by atoms with Gasteiger partial charge in [-0.2, -0.15) is 0 Å². The minimum Gasteiger partial charge on any atom is -0.389 e. The van der Waals surface area contributed by atoms with Crippen molar-refractivity contribution in [1.82, 2.24) is 4.98 Å². The molecule has 3 rings (SSSR count). The molecule has 0 spiro atoms. The number of ketones is 1. The molecule has 1 aromatic carbocycles. The Labute approximate surface area is 131 Å². The van der Waals surface area contributed by atoms with Crippen LogP contribution in [0.2, 0.25) is 0 Å². The predicted octanol–water partition coefficient (Wildman–Crippen LogP) is -1.29. The first-order valence-corrected chi connectivity index (χ1v) is 7.40. The van der Waals surface area contributed by atoms with E-state index in [4.69, 9.17) is 0 Å². The van der Waals surface area contributed by atoms with E-state index < -0.39 is 42.2 Å². The molecule has 2 unspecified atom stereocenters. The number of hydrogen-bond acceptors (Lipinski definition) is 6. The molecule has 1 fully saturated rings. The lowest BCUT2D eigenvalue weighted by molar-refractivity contribution is -0.203. The van der Waals surface area contributed by atoms with Gasteiger partial charge in [0, 0.05) is 23.5 Å². The lowest BCUT2D eigenvalue weighted by Crippen LogP contribution is -2.63. The van der Waals surface area contributed by atoms with E-state index >= 15 is 0 Å². The van der Waals surface area contributed by atoms with Crippen molar-refractivity contribution in [1.29, 1.82) is 0 Å². The molecular formula is C16H19NO6. The zero-order valence-electron chi connectivity index (χ0n) is 12.2. The number of nitrogens with one attached hydrogen (secondary N) is 1. The molecule has 1 aliphatic carbocycles. The Hall–Kier alpha value is -1.77. The number of carbonyl (C=O) groups excluding carboxylic acids is 1. The van der Waals surface area contributed by atoms with E-state index in [1.54, 1.807) is 6.20 Å². The number of fused-ring (bicyclic) bond motifs is 1. The summed E-state index contributed by atoms with van der Waals surface area (Å²) in [5.74, 6) is -1.88. The fourth-order valence-electron chi connectivity index (χ4n) is 3.20. The first-order valence-electron chi connectivity index (χ1n) is 7.40. The van der Waals surface area contributed by atoms with Gasteiger partial charge in [0.05, 0.1) is 18.1 Å². The number of rotatable bonds is 3. The summed E-state index contributed by atoms with van der Waals surface area (Å²) < 4.78 is 0. The van der Waals surface area contributed by atoms with E-state index in [-0.39, 0.29) is 6.42 Å². The highest BCUT2D eigenvalue weighted by atomic mass is 16.4. The number of aromatic amines is 1. The van der Waals surface area contributed by atoms with E-state index in [2.05, 4.69) is 4.98 Å². The van der Waals surface area contributed by atoms with E-state index in [0.29, 0.717) is 5.56 Å². The summed E-state index contributed by atoms with van der Waals surface area (Å²) >= 11 is 0. The highest BCUT2D eigenvalue weighted by Gasteiger charge is 2.50. The molecule has 124 valence electrons. The van der Waals surface area contributed by atoms with Crippen molar-refractivity contribution < 1.29 is 30.3 Å². The van der Waals surface area contributed by atoms with Gasteiger partial charge in [-0.25, -0.2) is 0 Å². The van der Waals surface area contributed by atoms with Crippen LogP contribution in [-0.4, -0.2) is 66.8 Å². The Kier molecular flexibility index (Phi) is 4.22. The number of para-hydroxylation sites is 1. The summed E-state index contributed by atoms with van der Waals surface area (Å²) in [7, 11) is 0. The second-order valence-electron chi connectivity index (χ2n) is 5.98. The Balaban J connectivity index is 1.84. The molecule has 2 aromatic rings. The lowest BCUT2D eigenvalue weighted by atomic mass is 9.75. The standard InChI is InChI=1S/C16H19NO6/c18-10(5-7-6-17-9-4-2-1-3-8(7)9)11-12(19)14(21)16(23)15(22)13(11)20/h1-4,6,11-17,19-23H,5H2/t11?,12-,13-,14-,15+,16?/m0/s1. The number of aliphatic hydroxyl groups excluding tert-OH is 5. The van der Waals surface area contributed by atoms with E-state index in [0.717, 1.165) is 10.9 Å². The lowest BCUT2D eigenvalue weighted by Gasteiger charge is -2.41. The van der Waals surface area contributed by atoms with Gasteiger partial charge in [0.1, 0.15) is 24.1 Å². The summed E-state index contributed by atoms with van der Waals surface area (Å²) in [6, 6.07) is 7.39. The first-order chi connectivity index (χ1) is 10.9. The molecule has 1 aromatic heterocycles. The van der Waals surface area contributed by atoms with Crippen molar-refractivity contribution >= 4 is 16.7 Å². The minimum absolute atomic E-state index is 0.0711. The third kappa shape index (κ3) is 2.66. The number of hydrogen-bond donors (Lipinski definition) is 6. The van der Waals surface area contributed by atoms with Crippen LogP contribution < -0.4 is 0 Å². The second-order valence-corrected chi connectivity index (χ2v) is 5.98. The maximum Gasteiger partial charge on any atom is 0.145 e. The molecule has 0 amide bonds. The summed E-state index contributed by atoms with van der Waals surface area (Å²) in [6.07, 6.45) is -6.75. The quantitative estimate of drug-likeness (QED) is 0.417. The molecule has 6 N–H and O–H groups in total. The summed E-state index contributed by atoms with van der Waals surface area (Å²) in [6.45, 7) is 0. The van der Waals surface area contributed by atoms with E-state index in [1.165, 1.54) is 0 Å². The molecular weight excluding hydrogens is 302 g/mol. The van der Waals surface area contributed by atoms with Crippen LogP contribution in [0.4, 0.5) is 0 Å². The molecule has 0 radical (unpaired) electrons. The molecule has 7 heteroatoms. The molecule has 0 aliphatic heterocycles. The van der Waals surface area contributed by atoms with E-state index in [1.807, 2.05) is 24.3 Å². The fraction of sp³-hybridized carbons (Fsp3) is 0.438. The molecule has 1 aliphatic rings. The molecule has 0 saturated heterocycles. The van der Waals surface area contributed by atoms with Gasteiger partial charge >= 0.3 is 0 Å². The number of carbonyl (C=O) groups is 1. The van der Waals surface area contributed by atoms with Crippen molar-refractivity contribution in [2.24, 2.45) is 5.92 Å². The van der Waals surface area contributed by atoms with Gasteiger partial charge in [-0.1, -0.05) is 18.2 Å². The molecule has 1 saturated carbocycles. The normalized spacial score (nSPS) is 34.7. The van der Waals surface area contributed by atoms with Crippen molar-refractivity contribution in [3.05, 3.63) is 36.0 Å². The largest absolute Gasteiger partial charge is 0.389 e. The highest BCUT2D eigenvalue weighted by Crippen LogP contribution is 2.29. The summed E-state index contributed by atoms with van der Waals surface area (Å²) in [5.41, 5.74) is 1.55. The van der Waals surface area contributed by atoms with Crippen molar-refractivity contribution in [2.75, 3.05) is 0 Å². The van der Waals surface area contributed by atoms with Crippen LogP contribution in [0.25, 0.3) is 10.9 Å². The molecule has 0 bridgehead atoms. The van der Waals surface area contributed by atoms with Crippen LogP contribution in [0, 0.1) is 5.92 Å². The monoisotopic (exact) mass is 321 g/mol. The van der Waals surface area contributed by atoms with Gasteiger partial charge in [-0.15, -0.1) is 0 Å². The van der Waals surface area contributed by atoms with Crippen LogP contribution in [0.15, 0.2) is 30.5 Å². The Morgan fingerprint density at radius 2 is 1.48 bits per heavy atom. The van der Waals surface area contributed by atoms with Gasteiger partial charge < -0.3 is 30.5 Å².